The number of ether oxygens (including phenoxy) is 2. The highest BCUT2D eigenvalue weighted by molar-refractivity contribution is 14.0. The van der Waals surface area contributed by atoms with Crippen LogP contribution in [0.1, 0.15) is 6.42 Å². The number of guanidine groups is 1. The zero-order valence-electron chi connectivity index (χ0n) is 14.8. The minimum Gasteiger partial charge on any atom is -0.490 e. The quantitative estimate of drug-likeness (QED) is 0.341. The Balaban J connectivity index is 0.00000210. The molecule has 7 nitrogen and oxygen atoms in total. The number of nitrogens with zero attached hydrogens (tertiary/aromatic N) is 3. The number of nitrogens with one attached hydrogen (secondary N) is 1. The molecule has 0 bridgehead atoms. The van der Waals surface area contributed by atoms with E-state index in [0.29, 0.717) is 32.3 Å². The van der Waals surface area contributed by atoms with E-state index in [9.17, 15) is 0 Å². The monoisotopic (exact) mass is 479 g/mol. The van der Waals surface area contributed by atoms with Crippen molar-refractivity contribution >= 4 is 46.7 Å². The topological polar surface area (TPSA) is 86.7 Å². The van der Waals surface area contributed by atoms with Crippen molar-refractivity contribution in [2.45, 2.75) is 13.0 Å². The van der Waals surface area contributed by atoms with Gasteiger partial charge in [-0.1, -0.05) is 12.1 Å². The second kappa shape index (κ2) is 8.94. The molecule has 142 valence electrons. The number of hydrogen-bond acceptors (Lipinski definition) is 4. The number of benzene rings is 2. The average Bonchev–Trinajstić information content (AvgIpc) is 2.91. The first-order chi connectivity index (χ1) is 12.8. The van der Waals surface area contributed by atoms with E-state index in [4.69, 9.17) is 15.2 Å². The lowest BCUT2D eigenvalue weighted by atomic mass is 10.3. The molecule has 0 aliphatic carbocycles. The van der Waals surface area contributed by atoms with Gasteiger partial charge >= 0.3 is 0 Å². The van der Waals surface area contributed by atoms with Crippen LogP contribution in [0.2, 0.25) is 0 Å². The normalized spacial score (nSPS) is 13.7. The Bertz CT molecular complexity index is 941. The van der Waals surface area contributed by atoms with E-state index in [1.54, 1.807) is 0 Å². The van der Waals surface area contributed by atoms with Crippen molar-refractivity contribution in [3.63, 3.8) is 0 Å². The molecule has 0 fully saturated rings. The molecule has 4 rings (SSSR count). The summed E-state index contributed by atoms with van der Waals surface area (Å²) in [6.45, 7) is 2.60. The van der Waals surface area contributed by atoms with Crippen LogP contribution in [-0.2, 0) is 6.54 Å². The van der Waals surface area contributed by atoms with Crippen LogP contribution >= 0.6 is 24.0 Å². The first kappa shape index (κ1) is 19.3. The molecular weight excluding hydrogens is 457 g/mol. The molecule has 1 aliphatic rings. The van der Waals surface area contributed by atoms with Crippen molar-refractivity contribution in [3.05, 3.63) is 48.8 Å². The summed E-state index contributed by atoms with van der Waals surface area (Å²) in [6.07, 6.45) is 2.71. The van der Waals surface area contributed by atoms with Gasteiger partial charge in [0, 0.05) is 24.7 Å². The summed E-state index contributed by atoms with van der Waals surface area (Å²) in [4.78, 5) is 8.77. The Hall–Kier alpha value is -2.49. The van der Waals surface area contributed by atoms with E-state index < -0.39 is 0 Å². The van der Waals surface area contributed by atoms with Gasteiger partial charge in [0.1, 0.15) is 0 Å². The fourth-order valence-electron chi connectivity index (χ4n) is 2.90. The smallest absolute Gasteiger partial charge is 0.193 e. The largest absolute Gasteiger partial charge is 0.490 e. The van der Waals surface area contributed by atoms with Gasteiger partial charge in [-0.2, -0.15) is 0 Å². The van der Waals surface area contributed by atoms with Gasteiger partial charge in [-0.05, 0) is 24.3 Å². The molecule has 1 aromatic heterocycles. The molecule has 8 heteroatoms. The van der Waals surface area contributed by atoms with Gasteiger partial charge in [-0.25, -0.2) is 4.98 Å². The summed E-state index contributed by atoms with van der Waals surface area (Å²) in [5.41, 5.74) is 8.91. The highest BCUT2D eigenvalue weighted by atomic mass is 127. The van der Waals surface area contributed by atoms with E-state index >= 15 is 0 Å². The maximum Gasteiger partial charge on any atom is 0.193 e. The lowest BCUT2D eigenvalue weighted by Crippen LogP contribution is -2.23. The van der Waals surface area contributed by atoms with Gasteiger partial charge in [-0.3, -0.25) is 4.99 Å². The van der Waals surface area contributed by atoms with Crippen LogP contribution in [0.5, 0.6) is 11.5 Å². The third-order valence-electron chi connectivity index (χ3n) is 4.17. The molecule has 1 aliphatic heterocycles. The van der Waals surface area contributed by atoms with Crippen LogP contribution in [0.4, 0.5) is 5.69 Å². The molecular formula is C19H22IN5O2. The van der Waals surface area contributed by atoms with E-state index in [0.717, 1.165) is 34.6 Å². The summed E-state index contributed by atoms with van der Waals surface area (Å²) < 4.78 is 13.4. The molecule has 0 unspecified atom stereocenters. The van der Waals surface area contributed by atoms with Gasteiger partial charge in [0.05, 0.1) is 37.1 Å². The van der Waals surface area contributed by atoms with E-state index in [1.807, 2.05) is 48.8 Å². The molecule has 0 radical (unpaired) electrons. The van der Waals surface area contributed by atoms with Gasteiger partial charge in [0.25, 0.3) is 0 Å². The molecule has 0 atom stereocenters. The number of aromatic nitrogens is 2. The van der Waals surface area contributed by atoms with E-state index in [-0.39, 0.29) is 24.0 Å². The molecule has 0 amide bonds. The number of rotatable bonds is 4. The lowest BCUT2D eigenvalue weighted by molar-refractivity contribution is 0.297. The minimum atomic E-state index is 0. The van der Waals surface area contributed by atoms with Crippen LogP contribution in [0.15, 0.2) is 53.8 Å². The van der Waals surface area contributed by atoms with Gasteiger partial charge < -0.3 is 25.1 Å². The second-order valence-electron chi connectivity index (χ2n) is 6.03. The Kier molecular flexibility index (Phi) is 6.38. The standard InChI is InChI=1S/C19H21N5O2.HI/c20-19(21-8-9-24-13-22-15-4-1-2-5-16(15)24)23-14-6-7-17-18(12-14)26-11-3-10-25-17;/h1-2,4-7,12-13H,3,8-11H2,(H3,20,21,23);1H. The third-order valence-corrected chi connectivity index (χ3v) is 4.17. The second-order valence-corrected chi connectivity index (χ2v) is 6.03. The van der Waals surface area contributed by atoms with Crippen molar-refractivity contribution in [2.75, 3.05) is 25.1 Å². The fourth-order valence-corrected chi connectivity index (χ4v) is 2.90. The van der Waals surface area contributed by atoms with E-state index in [1.165, 1.54) is 0 Å². The Morgan fingerprint density at radius 2 is 1.96 bits per heavy atom. The molecule has 3 N–H and O–H groups in total. The number of fused-ring (bicyclic) bond motifs is 2. The minimum absolute atomic E-state index is 0. The van der Waals surface area contributed by atoms with Gasteiger partial charge in [0.2, 0.25) is 0 Å². The zero-order valence-corrected chi connectivity index (χ0v) is 17.1. The van der Waals surface area contributed by atoms with Crippen molar-refractivity contribution in [2.24, 2.45) is 10.7 Å². The number of halogens is 1. The summed E-state index contributed by atoms with van der Waals surface area (Å²) >= 11 is 0. The SMILES string of the molecule is I.NC(=NCCn1cnc2ccccc21)Nc1ccc2c(c1)OCCCO2. The van der Waals surface area contributed by atoms with Crippen LogP contribution in [0, 0.1) is 0 Å². The maximum atomic E-state index is 6.01. The summed E-state index contributed by atoms with van der Waals surface area (Å²) in [7, 11) is 0. The summed E-state index contributed by atoms with van der Waals surface area (Å²) in [5, 5.41) is 3.10. The number of hydrogen-bond donors (Lipinski definition) is 2. The molecule has 0 spiro atoms. The average molecular weight is 479 g/mol. The van der Waals surface area contributed by atoms with Gasteiger partial charge in [0.15, 0.2) is 17.5 Å². The Morgan fingerprint density at radius 1 is 1.15 bits per heavy atom. The van der Waals surface area contributed by atoms with Gasteiger partial charge in [-0.15, -0.1) is 24.0 Å². The number of para-hydroxylation sites is 2. The van der Waals surface area contributed by atoms with Crippen LogP contribution in [0.3, 0.4) is 0 Å². The lowest BCUT2D eigenvalue weighted by Gasteiger charge is -2.11. The number of anilines is 1. The molecule has 3 aromatic rings. The predicted octanol–water partition coefficient (Wildman–Crippen LogP) is 3.24. The van der Waals surface area contributed by atoms with Crippen molar-refractivity contribution in [1.82, 2.24) is 9.55 Å². The van der Waals surface area contributed by atoms with Crippen molar-refractivity contribution in [1.29, 1.82) is 0 Å². The fraction of sp³-hybridized carbons (Fsp3) is 0.263. The zero-order chi connectivity index (χ0) is 17.8. The van der Waals surface area contributed by atoms with Crippen LogP contribution < -0.4 is 20.5 Å². The molecule has 0 saturated carbocycles. The predicted molar refractivity (Wildman–Crippen MR) is 117 cm³/mol. The van der Waals surface area contributed by atoms with Crippen molar-refractivity contribution in [3.8, 4) is 11.5 Å². The molecule has 0 saturated heterocycles. The number of nitrogens with two attached hydrogens (primary N) is 1. The molecule has 27 heavy (non-hydrogen) atoms. The highest BCUT2D eigenvalue weighted by Crippen LogP contribution is 2.32. The first-order valence-electron chi connectivity index (χ1n) is 8.66. The first-order valence-corrected chi connectivity index (χ1v) is 8.66. The summed E-state index contributed by atoms with van der Waals surface area (Å²) in [6, 6.07) is 13.7. The van der Waals surface area contributed by atoms with E-state index in [2.05, 4.69) is 19.9 Å². The Morgan fingerprint density at radius 3 is 2.85 bits per heavy atom. The number of imidazole rings is 1. The highest BCUT2D eigenvalue weighted by Gasteiger charge is 2.10. The van der Waals surface area contributed by atoms with Crippen LogP contribution in [0.25, 0.3) is 11.0 Å². The third kappa shape index (κ3) is 4.62. The molecule has 2 heterocycles. The van der Waals surface area contributed by atoms with Crippen LogP contribution in [-0.4, -0.2) is 35.3 Å². The maximum absolute atomic E-state index is 6.01. The number of aliphatic imine (C=N–C) groups is 1. The summed E-state index contributed by atoms with van der Waals surface area (Å²) in [5.74, 6) is 1.85. The molecule has 2 aromatic carbocycles. The Labute approximate surface area is 174 Å². The van der Waals surface area contributed by atoms with Crippen molar-refractivity contribution < 1.29 is 9.47 Å².